The molecule has 1 N–H and O–H groups in total. The first-order valence-electron chi connectivity index (χ1n) is 19.0. The fourth-order valence-electron chi connectivity index (χ4n) is 8.03. The highest BCUT2D eigenvalue weighted by atomic mass is 16.5. The molecule has 7 rings (SSSR count). The second-order valence-electron chi connectivity index (χ2n) is 14.3. The van der Waals surface area contributed by atoms with Crippen molar-refractivity contribution in [1.29, 1.82) is 0 Å². The van der Waals surface area contributed by atoms with Crippen LogP contribution in [0, 0.1) is 0 Å². The van der Waals surface area contributed by atoms with Crippen LogP contribution >= 0.6 is 0 Å². The van der Waals surface area contributed by atoms with Gasteiger partial charge in [0.05, 0.1) is 19.3 Å². The lowest BCUT2D eigenvalue weighted by atomic mass is 9.69. The molecule has 1 unspecified atom stereocenters. The topological polar surface area (TPSA) is 94.5 Å². The van der Waals surface area contributed by atoms with Crippen LogP contribution in [0.2, 0.25) is 0 Å². The van der Waals surface area contributed by atoms with E-state index in [0.717, 1.165) is 54.7 Å². The maximum Gasteiger partial charge on any atom is 0.255 e. The number of fused-ring (bicyclic) bond motifs is 2. The van der Waals surface area contributed by atoms with E-state index in [4.69, 9.17) is 18.9 Å². The van der Waals surface area contributed by atoms with Gasteiger partial charge in [0.15, 0.2) is 5.78 Å². The molecule has 3 aliphatic rings. The van der Waals surface area contributed by atoms with E-state index in [1.54, 1.807) is 11.0 Å². The van der Waals surface area contributed by atoms with Crippen LogP contribution in [0.25, 0.3) is 0 Å². The molecule has 0 bridgehead atoms. The minimum atomic E-state index is -0.358. The molecule has 0 spiro atoms. The summed E-state index contributed by atoms with van der Waals surface area (Å²) in [6, 6.07) is 30.2. The number of amides is 1. The van der Waals surface area contributed by atoms with Crippen LogP contribution in [0.4, 0.5) is 0 Å². The van der Waals surface area contributed by atoms with E-state index < -0.39 is 0 Å². The van der Waals surface area contributed by atoms with Crippen LogP contribution in [0.15, 0.2) is 103 Å². The number of benzene rings is 4. The van der Waals surface area contributed by atoms with Gasteiger partial charge in [0.25, 0.3) is 5.91 Å². The molecule has 8 nitrogen and oxygen atoms in total. The fourth-order valence-corrected chi connectivity index (χ4v) is 8.03. The highest BCUT2D eigenvalue weighted by Gasteiger charge is 2.38. The van der Waals surface area contributed by atoms with E-state index in [2.05, 4.69) is 55.1 Å². The standard InChI is InChI=1S/C45H49NO7/c1-31-9-20-42(43(48)27-31)46-30-35-29-38(16-19-41(35)45(46)49)52-24-6-23-50-21-5-22-51-25-26-53-37-14-10-33(11-15-37)44-39(32-7-3-2-4-8-32)17-12-34-28-36(47)13-18-40(34)44/h2-4,7-8,10-11,13-16,18-19,28-29,39,42,44,47H,1,5-6,9,12,17,20-27,30H2/t39-,42?,44+/m1/s1. The van der Waals surface area contributed by atoms with Crippen molar-refractivity contribution in [2.75, 3.05) is 39.6 Å². The zero-order valence-electron chi connectivity index (χ0n) is 30.3. The van der Waals surface area contributed by atoms with E-state index >= 15 is 0 Å². The van der Waals surface area contributed by atoms with Gasteiger partial charge in [-0.2, -0.15) is 0 Å². The third-order valence-corrected chi connectivity index (χ3v) is 10.7. The summed E-state index contributed by atoms with van der Waals surface area (Å²) in [7, 11) is 0. The van der Waals surface area contributed by atoms with E-state index in [-0.39, 0.29) is 23.7 Å². The minimum Gasteiger partial charge on any atom is -0.508 e. The first-order chi connectivity index (χ1) is 25.9. The molecule has 53 heavy (non-hydrogen) atoms. The molecule has 1 heterocycles. The SMILES string of the molecule is C=C1CCC(N2Cc3cc(OCCCOCCCOCCOc4ccc([C@@H]5c6ccc(O)cc6CC[C@@H]5c5ccccc5)cc4)ccc3C2=O)C(=O)C1. The molecule has 1 fully saturated rings. The van der Waals surface area contributed by atoms with Crippen molar-refractivity contribution in [2.24, 2.45) is 0 Å². The number of aromatic hydroxyl groups is 1. The fraction of sp³-hybridized carbons (Fsp3) is 0.378. The Hall–Kier alpha value is -4.92. The molecule has 276 valence electrons. The number of aryl methyl sites for hydroxylation is 1. The van der Waals surface area contributed by atoms with Gasteiger partial charge in [-0.05, 0) is 108 Å². The van der Waals surface area contributed by atoms with Gasteiger partial charge in [0.1, 0.15) is 23.9 Å². The highest BCUT2D eigenvalue weighted by molar-refractivity contribution is 6.02. The van der Waals surface area contributed by atoms with Crippen LogP contribution < -0.4 is 9.47 Å². The molecule has 3 atom stereocenters. The Morgan fingerprint density at radius 3 is 2.23 bits per heavy atom. The molecule has 0 aromatic heterocycles. The lowest BCUT2D eigenvalue weighted by Gasteiger charge is -2.34. The smallest absolute Gasteiger partial charge is 0.255 e. The summed E-state index contributed by atoms with van der Waals surface area (Å²) < 4.78 is 23.5. The Balaban J connectivity index is 0.765. The summed E-state index contributed by atoms with van der Waals surface area (Å²) in [4.78, 5) is 27.2. The summed E-state index contributed by atoms with van der Waals surface area (Å²) in [5.74, 6) is 2.45. The Labute approximate surface area is 312 Å². The average Bonchev–Trinajstić information content (AvgIpc) is 3.50. The molecule has 0 radical (unpaired) electrons. The van der Waals surface area contributed by atoms with E-state index in [1.807, 2.05) is 36.4 Å². The van der Waals surface area contributed by atoms with E-state index in [1.165, 1.54) is 22.3 Å². The molecule has 2 aliphatic carbocycles. The predicted octanol–water partition coefficient (Wildman–Crippen LogP) is 8.16. The maximum atomic E-state index is 13.0. The molecule has 1 saturated carbocycles. The van der Waals surface area contributed by atoms with Crippen molar-refractivity contribution in [2.45, 2.75) is 69.4 Å². The van der Waals surface area contributed by atoms with E-state index in [9.17, 15) is 14.7 Å². The summed E-state index contributed by atoms with van der Waals surface area (Å²) in [5, 5.41) is 10.1. The van der Waals surface area contributed by atoms with Crippen LogP contribution in [0.5, 0.6) is 17.2 Å². The number of hydrogen-bond acceptors (Lipinski definition) is 7. The quantitative estimate of drug-likeness (QED) is 0.0925. The first kappa shape index (κ1) is 36.4. The first-order valence-corrected chi connectivity index (χ1v) is 19.0. The minimum absolute atomic E-state index is 0.0737. The second kappa shape index (κ2) is 17.3. The number of carbonyl (C=O) groups excluding carboxylic acids is 2. The van der Waals surface area contributed by atoms with E-state index in [0.29, 0.717) is 76.3 Å². The van der Waals surface area contributed by atoms with Gasteiger partial charge in [-0.15, -0.1) is 0 Å². The van der Waals surface area contributed by atoms with Crippen LogP contribution in [0.1, 0.15) is 88.5 Å². The van der Waals surface area contributed by atoms with Gasteiger partial charge in [0, 0.05) is 50.7 Å². The summed E-state index contributed by atoms with van der Waals surface area (Å²) in [6.07, 6.45) is 5.33. The molecule has 4 aromatic carbocycles. The van der Waals surface area contributed by atoms with Gasteiger partial charge < -0.3 is 29.0 Å². The van der Waals surface area contributed by atoms with Crippen LogP contribution in [-0.2, 0) is 27.2 Å². The second-order valence-corrected chi connectivity index (χ2v) is 14.3. The van der Waals surface area contributed by atoms with Gasteiger partial charge in [0.2, 0.25) is 0 Å². The zero-order valence-corrected chi connectivity index (χ0v) is 30.3. The molecule has 1 amide bonds. The Kier molecular flexibility index (Phi) is 11.9. The van der Waals surface area contributed by atoms with Gasteiger partial charge in [-0.3, -0.25) is 9.59 Å². The number of ether oxygens (including phenoxy) is 4. The third kappa shape index (κ3) is 8.83. The maximum absolute atomic E-state index is 13.0. The summed E-state index contributed by atoms with van der Waals surface area (Å²) in [6.45, 7) is 7.67. The lowest BCUT2D eigenvalue weighted by Crippen LogP contribution is -2.43. The Bertz CT molecular complexity index is 1890. The lowest BCUT2D eigenvalue weighted by molar-refractivity contribution is -0.124. The number of Topliss-reactive ketones (excluding diaryl/α,β-unsaturated/α-hetero) is 1. The van der Waals surface area contributed by atoms with Gasteiger partial charge in [-0.1, -0.05) is 60.7 Å². The number of hydrogen-bond donors (Lipinski definition) is 1. The number of carbonyl (C=O) groups is 2. The molecule has 0 saturated heterocycles. The molecular weight excluding hydrogens is 666 g/mol. The molecule has 8 heteroatoms. The highest BCUT2D eigenvalue weighted by Crippen LogP contribution is 2.47. The molecule has 1 aliphatic heterocycles. The van der Waals surface area contributed by atoms with Crippen molar-refractivity contribution in [3.8, 4) is 17.2 Å². The molecular formula is C45H49NO7. The van der Waals surface area contributed by atoms with Crippen molar-refractivity contribution < 1.29 is 33.6 Å². The summed E-state index contributed by atoms with van der Waals surface area (Å²) in [5.41, 5.74) is 7.61. The normalized spacial score (nSPS) is 19.6. The average molecular weight is 716 g/mol. The van der Waals surface area contributed by atoms with Crippen molar-refractivity contribution in [3.63, 3.8) is 0 Å². The number of allylic oxidation sites excluding steroid dienone is 1. The van der Waals surface area contributed by atoms with Crippen LogP contribution in [0.3, 0.4) is 0 Å². The van der Waals surface area contributed by atoms with Gasteiger partial charge >= 0.3 is 0 Å². The Morgan fingerprint density at radius 1 is 0.698 bits per heavy atom. The zero-order chi connectivity index (χ0) is 36.6. The number of phenolic OH excluding ortho intramolecular Hbond substituents is 1. The van der Waals surface area contributed by atoms with Crippen molar-refractivity contribution in [1.82, 2.24) is 4.90 Å². The number of rotatable bonds is 16. The van der Waals surface area contributed by atoms with Crippen molar-refractivity contribution >= 4 is 11.7 Å². The number of nitrogens with zero attached hydrogens (tertiary/aromatic N) is 1. The summed E-state index contributed by atoms with van der Waals surface area (Å²) >= 11 is 0. The van der Waals surface area contributed by atoms with Crippen molar-refractivity contribution in [3.05, 3.63) is 137 Å². The van der Waals surface area contributed by atoms with Crippen LogP contribution in [-0.4, -0.2) is 67.4 Å². The number of ketones is 1. The largest absolute Gasteiger partial charge is 0.508 e. The Morgan fingerprint density at radius 2 is 1.43 bits per heavy atom. The monoisotopic (exact) mass is 715 g/mol. The third-order valence-electron chi connectivity index (χ3n) is 10.7. The molecule has 4 aromatic rings. The van der Waals surface area contributed by atoms with Gasteiger partial charge in [-0.25, -0.2) is 0 Å². The number of phenols is 1. The predicted molar refractivity (Wildman–Crippen MR) is 204 cm³/mol.